The maximum Gasteiger partial charge on any atom is 0.264 e. The van der Waals surface area contributed by atoms with Crippen LogP contribution >= 0.6 is 23.2 Å². The van der Waals surface area contributed by atoms with Gasteiger partial charge in [-0.1, -0.05) is 67.7 Å². The first-order chi connectivity index (χ1) is 20.4. The summed E-state index contributed by atoms with van der Waals surface area (Å²) in [6, 6.07) is 17.0. The highest BCUT2D eigenvalue weighted by Gasteiger charge is 2.34. The van der Waals surface area contributed by atoms with Crippen molar-refractivity contribution in [3.63, 3.8) is 0 Å². The van der Waals surface area contributed by atoms with Crippen molar-refractivity contribution in [2.24, 2.45) is 5.92 Å². The Kier molecular flexibility index (Phi) is 12.3. The molecule has 0 aliphatic rings. The highest BCUT2D eigenvalue weighted by Crippen LogP contribution is 2.29. The number of hydrogen-bond donors (Lipinski definition) is 1. The molecule has 2 amide bonds. The topological polar surface area (TPSA) is 96.0 Å². The van der Waals surface area contributed by atoms with E-state index in [1.165, 1.54) is 17.0 Å². The minimum Gasteiger partial charge on any atom is -0.494 e. The molecular formula is C32H39Cl2N3O5S. The second-order valence-electron chi connectivity index (χ2n) is 10.5. The molecule has 0 radical (unpaired) electrons. The summed E-state index contributed by atoms with van der Waals surface area (Å²) >= 11 is 12.9. The molecule has 1 atom stereocenters. The van der Waals surface area contributed by atoms with Crippen LogP contribution < -0.4 is 14.4 Å². The predicted molar refractivity (Wildman–Crippen MR) is 172 cm³/mol. The summed E-state index contributed by atoms with van der Waals surface area (Å²) in [5.74, 6) is -0.180. The lowest BCUT2D eigenvalue weighted by molar-refractivity contribution is -0.140. The molecule has 8 nitrogen and oxygen atoms in total. The number of amides is 2. The predicted octanol–water partition coefficient (Wildman–Crippen LogP) is 6.48. The molecule has 3 aromatic rings. The van der Waals surface area contributed by atoms with E-state index in [1.54, 1.807) is 61.5 Å². The van der Waals surface area contributed by atoms with Crippen LogP contribution in [0, 0.1) is 12.8 Å². The zero-order valence-corrected chi connectivity index (χ0v) is 27.5. The molecule has 43 heavy (non-hydrogen) atoms. The summed E-state index contributed by atoms with van der Waals surface area (Å²) in [4.78, 5) is 29.0. The number of rotatable bonds is 14. The molecule has 1 N–H and O–H groups in total. The van der Waals surface area contributed by atoms with Crippen molar-refractivity contribution < 1.29 is 22.7 Å². The van der Waals surface area contributed by atoms with Crippen molar-refractivity contribution in [3.8, 4) is 5.75 Å². The van der Waals surface area contributed by atoms with Crippen LogP contribution in [0.5, 0.6) is 5.75 Å². The van der Waals surface area contributed by atoms with Crippen molar-refractivity contribution in [3.05, 3.63) is 87.9 Å². The largest absolute Gasteiger partial charge is 0.494 e. The number of nitrogens with one attached hydrogen (secondary N) is 1. The van der Waals surface area contributed by atoms with Crippen molar-refractivity contribution >= 4 is 50.7 Å². The van der Waals surface area contributed by atoms with Gasteiger partial charge in [0.05, 0.1) is 17.2 Å². The lowest BCUT2D eigenvalue weighted by Gasteiger charge is -2.33. The quantitative estimate of drug-likeness (QED) is 0.216. The number of sulfonamides is 1. The van der Waals surface area contributed by atoms with E-state index in [0.29, 0.717) is 34.5 Å². The number of hydrogen-bond acceptors (Lipinski definition) is 5. The van der Waals surface area contributed by atoms with Crippen LogP contribution in [0.4, 0.5) is 5.69 Å². The van der Waals surface area contributed by atoms with Gasteiger partial charge in [-0.3, -0.25) is 13.9 Å². The number of ether oxygens (including phenoxy) is 1. The van der Waals surface area contributed by atoms with Crippen molar-refractivity contribution in [2.45, 2.75) is 58.5 Å². The minimum atomic E-state index is -4.20. The third-order valence-electron chi connectivity index (χ3n) is 6.78. The maximum atomic E-state index is 14.2. The van der Waals surface area contributed by atoms with Gasteiger partial charge in [0.15, 0.2) is 0 Å². The summed E-state index contributed by atoms with van der Waals surface area (Å²) in [6.45, 7) is 9.65. The lowest BCUT2D eigenvalue weighted by atomic mass is 10.1. The van der Waals surface area contributed by atoms with Gasteiger partial charge in [0.1, 0.15) is 18.3 Å². The summed E-state index contributed by atoms with van der Waals surface area (Å²) in [7, 11) is -4.20. The van der Waals surface area contributed by atoms with Gasteiger partial charge in [-0.05, 0) is 74.7 Å². The Hall–Kier alpha value is -3.27. The van der Waals surface area contributed by atoms with E-state index >= 15 is 0 Å². The zero-order valence-electron chi connectivity index (χ0n) is 25.1. The van der Waals surface area contributed by atoms with Crippen LogP contribution in [-0.4, -0.2) is 50.9 Å². The van der Waals surface area contributed by atoms with Gasteiger partial charge in [-0.15, -0.1) is 0 Å². The van der Waals surface area contributed by atoms with Crippen LogP contribution in [0.25, 0.3) is 0 Å². The van der Waals surface area contributed by atoms with E-state index in [1.807, 2.05) is 27.7 Å². The van der Waals surface area contributed by atoms with E-state index in [4.69, 9.17) is 27.9 Å². The fourth-order valence-corrected chi connectivity index (χ4v) is 6.37. The second kappa shape index (κ2) is 15.5. The average molecular weight is 649 g/mol. The molecule has 0 bridgehead atoms. The Morgan fingerprint density at radius 3 is 2.07 bits per heavy atom. The SMILES string of the molecule is CCOc1ccc(N(CC(=O)N(Cc2c(Cl)cccc2Cl)[C@@H](CC)C(=O)NCC(C)C)S(=O)(=O)c2ccc(C)cc2)cc1. The van der Waals surface area contributed by atoms with E-state index < -0.39 is 28.5 Å². The third kappa shape index (κ3) is 8.87. The van der Waals surface area contributed by atoms with Gasteiger partial charge >= 0.3 is 0 Å². The highest BCUT2D eigenvalue weighted by molar-refractivity contribution is 7.92. The fraction of sp³-hybridized carbons (Fsp3) is 0.375. The summed E-state index contributed by atoms with van der Waals surface area (Å²) < 4.78 is 34.6. The van der Waals surface area contributed by atoms with E-state index in [0.717, 1.165) is 9.87 Å². The molecular weight excluding hydrogens is 609 g/mol. The summed E-state index contributed by atoms with van der Waals surface area (Å²) in [5, 5.41) is 3.57. The first-order valence-corrected chi connectivity index (χ1v) is 16.4. The van der Waals surface area contributed by atoms with Gasteiger partial charge in [-0.2, -0.15) is 0 Å². The molecule has 3 aromatic carbocycles. The molecule has 0 spiro atoms. The van der Waals surface area contributed by atoms with Crippen molar-refractivity contribution in [2.75, 3.05) is 24.0 Å². The Morgan fingerprint density at radius 2 is 1.53 bits per heavy atom. The van der Waals surface area contributed by atoms with Crippen LogP contribution in [0.2, 0.25) is 10.0 Å². The van der Waals surface area contributed by atoms with Crippen LogP contribution in [0.15, 0.2) is 71.6 Å². The van der Waals surface area contributed by atoms with E-state index in [9.17, 15) is 18.0 Å². The van der Waals surface area contributed by atoms with Crippen molar-refractivity contribution in [1.82, 2.24) is 10.2 Å². The zero-order chi connectivity index (χ0) is 31.7. The Balaban J connectivity index is 2.09. The molecule has 232 valence electrons. The normalized spacial score (nSPS) is 12.1. The average Bonchev–Trinajstić information content (AvgIpc) is 2.97. The van der Waals surface area contributed by atoms with Crippen molar-refractivity contribution in [1.29, 1.82) is 0 Å². The van der Waals surface area contributed by atoms with Crippen LogP contribution in [-0.2, 0) is 26.2 Å². The summed E-state index contributed by atoms with van der Waals surface area (Å²) in [5.41, 5.74) is 1.62. The molecule has 0 aliphatic heterocycles. The van der Waals surface area contributed by atoms with Gasteiger partial charge < -0.3 is 15.0 Å². The molecule has 0 aliphatic carbocycles. The Labute approximate surface area is 265 Å². The number of halogens is 2. The minimum absolute atomic E-state index is 0.0298. The standard InChI is InChI=1S/C32H39Cl2N3O5S/c1-6-30(32(39)35-19-22(3)4)36(20-27-28(33)9-8-10-29(27)34)31(38)21-37(24-13-15-25(16-14-24)42-7-2)43(40,41)26-17-11-23(5)12-18-26/h8-18,22,30H,6-7,19-21H2,1-5H3,(H,35,39)/t30-/m0/s1. The third-order valence-corrected chi connectivity index (χ3v) is 9.28. The number of aryl methyl sites for hydroxylation is 1. The number of carbonyl (C=O) groups excluding carboxylic acids is 2. The fourth-order valence-electron chi connectivity index (χ4n) is 4.44. The van der Waals surface area contributed by atoms with Gasteiger partial charge in [0, 0.05) is 28.7 Å². The molecule has 0 fully saturated rings. The van der Waals surface area contributed by atoms with E-state index in [-0.39, 0.29) is 35.4 Å². The molecule has 0 saturated carbocycles. The smallest absolute Gasteiger partial charge is 0.264 e. The molecule has 0 saturated heterocycles. The number of anilines is 1. The molecule has 0 aromatic heterocycles. The number of nitrogens with zero attached hydrogens (tertiary/aromatic N) is 2. The number of carbonyl (C=O) groups is 2. The highest BCUT2D eigenvalue weighted by atomic mass is 35.5. The van der Waals surface area contributed by atoms with Gasteiger partial charge in [0.25, 0.3) is 10.0 Å². The lowest BCUT2D eigenvalue weighted by Crippen LogP contribution is -2.52. The first kappa shape index (κ1) is 34.2. The van der Waals surface area contributed by atoms with E-state index in [2.05, 4.69) is 5.32 Å². The monoisotopic (exact) mass is 647 g/mol. The number of benzene rings is 3. The van der Waals surface area contributed by atoms with Crippen LogP contribution in [0.1, 0.15) is 45.2 Å². The van der Waals surface area contributed by atoms with Gasteiger partial charge in [0.2, 0.25) is 11.8 Å². The first-order valence-electron chi connectivity index (χ1n) is 14.2. The second-order valence-corrected chi connectivity index (χ2v) is 13.2. The maximum absolute atomic E-state index is 14.2. The molecule has 0 unspecified atom stereocenters. The molecule has 0 heterocycles. The Bertz CT molecular complexity index is 1480. The van der Waals surface area contributed by atoms with Gasteiger partial charge in [-0.25, -0.2) is 8.42 Å². The Morgan fingerprint density at radius 1 is 0.930 bits per heavy atom. The summed E-state index contributed by atoms with van der Waals surface area (Å²) in [6.07, 6.45) is 0.283. The molecule has 3 rings (SSSR count). The molecule has 11 heteroatoms. The van der Waals surface area contributed by atoms with Crippen LogP contribution in [0.3, 0.4) is 0 Å².